The highest BCUT2D eigenvalue weighted by Crippen LogP contribution is 2.27. The van der Waals surface area contributed by atoms with Crippen molar-refractivity contribution in [2.24, 2.45) is 0 Å². The van der Waals surface area contributed by atoms with Crippen LogP contribution < -0.4 is 0 Å². The Balaban J connectivity index is 2.33. The first-order valence-electron chi connectivity index (χ1n) is 6.25. The molecule has 0 bridgehead atoms. The summed E-state index contributed by atoms with van der Waals surface area (Å²) < 4.78 is 26.3. The molecule has 7 heteroatoms. The summed E-state index contributed by atoms with van der Waals surface area (Å²) in [5, 5.41) is 9.58. The zero-order valence-corrected chi connectivity index (χ0v) is 14.0. The molecule has 2 rings (SSSR count). The topological polar surface area (TPSA) is 61.2 Å². The Bertz CT molecular complexity index is 845. The van der Waals surface area contributed by atoms with Gasteiger partial charge in [-0.1, -0.05) is 41.4 Å². The lowest BCUT2D eigenvalue weighted by Gasteiger charge is -2.18. The van der Waals surface area contributed by atoms with Gasteiger partial charge in [-0.05, 0) is 29.8 Å². The lowest BCUT2D eigenvalue weighted by atomic mass is 10.2. The van der Waals surface area contributed by atoms with Crippen LogP contribution in [-0.4, -0.2) is 19.8 Å². The molecule has 2 aromatic rings. The van der Waals surface area contributed by atoms with Crippen molar-refractivity contribution < 1.29 is 8.42 Å². The Morgan fingerprint density at radius 2 is 1.86 bits per heavy atom. The quantitative estimate of drug-likeness (QED) is 0.840. The summed E-state index contributed by atoms with van der Waals surface area (Å²) in [6.07, 6.45) is 0. The maximum Gasteiger partial charge on any atom is 0.243 e. The summed E-state index contributed by atoms with van der Waals surface area (Å²) >= 11 is 12.0. The summed E-state index contributed by atoms with van der Waals surface area (Å²) in [7, 11) is -2.27. The van der Waals surface area contributed by atoms with E-state index in [4.69, 9.17) is 28.5 Å². The number of benzene rings is 2. The fraction of sp³-hybridized carbons (Fsp3) is 0.133. The number of halogens is 2. The van der Waals surface area contributed by atoms with E-state index >= 15 is 0 Å². The van der Waals surface area contributed by atoms with Gasteiger partial charge in [-0.15, -0.1) is 0 Å². The second-order valence-electron chi connectivity index (χ2n) is 4.61. The molecule has 0 aromatic heterocycles. The van der Waals surface area contributed by atoms with Gasteiger partial charge in [0.15, 0.2) is 0 Å². The van der Waals surface area contributed by atoms with E-state index in [2.05, 4.69) is 0 Å². The van der Waals surface area contributed by atoms with Crippen LogP contribution in [0.3, 0.4) is 0 Å². The van der Waals surface area contributed by atoms with Crippen LogP contribution in [0.15, 0.2) is 47.4 Å². The molecule has 0 unspecified atom stereocenters. The van der Waals surface area contributed by atoms with E-state index in [1.54, 1.807) is 24.3 Å². The Morgan fingerprint density at radius 1 is 1.18 bits per heavy atom. The van der Waals surface area contributed by atoms with E-state index in [-0.39, 0.29) is 17.0 Å². The maximum absolute atomic E-state index is 12.5. The average molecular weight is 355 g/mol. The van der Waals surface area contributed by atoms with Gasteiger partial charge in [0.2, 0.25) is 10.0 Å². The number of nitriles is 1. The summed E-state index contributed by atoms with van der Waals surface area (Å²) in [5.74, 6) is 0. The molecule has 0 aliphatic heterocycles. The maximum atomic E-state index is 12.5. The van der Waals surface area contributed by atoms with Gasteiger partial charge in [0.25, 0.3) is 0 Å². The molecule has 0 aliphatic carbocycles. The Kier molecular flexibility index (Phi) is 5.09. The predicted octanol–water partition coefficient (Wildman–Crippen LogP) is 3.69. The first kappa shape index (κ1) is 16.8. The number of nitrogens with zero attached hydrogens (tertiary/aromatic N) is 2. The molecule has 0 atom stereocenters. The number of rotatable bonds is 4. The molecule has 0 amide bonds. The summed E-state index contributed by atoms with van der Waals surface area (Å²) in [5.41, 5.74) is 0.895. The molecule has 0 spiro atoms. The number of hydrogen-bond donors (Lipinski definition) is 0. The summed E-state index contributed by atoms with van der Waals surface area (Å²) in [4.78, 5) is 0.0622. The Morgan fingerprint density at radius 3 is 2.55 bits per heavy atom. The van der Waals surface area contributed by atoms with Crippen LogP contribution in [0.2, 0.25) is 10.0 Å². The molecule has 114 valence electrons. The highest BCUT2D eigenvalue weighted by Gasteiger charge is 2.22. The second-order valence-corrected chi connectivity index (χ2v) is 7.44. The molecule has 22 heavy (non-hydrogen) atoms. The van der Waals surface area contributed by atoms with Crippen LogP contribution in [0, 0.1) is 11.3 Å². The van der Waals surface area contributed by atoms with Gasteiger partial charge in [-0.3, -0.25) is 0 Å². The van der Waals surface area contributed by atoms with Crippen molar-refractivity contribution in [1.82, 2.24) is 4.31 Å². The van der Waals surface area contributed by atoms with E-state index in [0.29, 0.717) is 15.6 Å². The third-order valence-corrected chi connectivity index (χ3v) is 5.75. The van der Waals surface area contributed by atoms with E-state index in [1.165, 1.54) is 29.6 Å². The predicted molar refractivity (Wildman–Crippen MR) is 86.3 cm³/mol. The first-order valence-corrected chi connectivity index (χ1v) is 8.45. The molecule has 2 aromatic carbocycles. The van der Waals surface area contributed by atoms with Gasteiger partial charge < -0.3 is 0 Å². The van der Waals surface area contributed by atoms with Crippen molar-refractivity contribution in [2.75, 3.05) is 7.05 Å². The molecule has 0 heterocycles. The van der Waals surface area contributed by atoms with E-state index in [1.807, 2.05) is 6.07 Å². The van der Waals surface area contributed by atoms with Crippen LogP contribution >= 0.6 is 23.2 Å². The van der Waals surface area contributed by atoms with Crippen molar-refractivity contribution in [3.8, 4) is 6.07 Å². The fourth-order valence-corrected chi connectivity index (χ4v) is 3.48. The molecule has 0 saturated heterocycles. The van der Waals surface area contributed by atoms with E-state index in [9.17, 15) is 8.42 Å². The molecule has 0 radical (unpaired) electrons. The zero-order valence-electron chi connectivity index (χ0n) is 11.6. The van der Waals surface area contributed by atoms with Gasteiger partial charge in [-0.2, -0.15) is 9.57 Å². The van der Waals surface area contributed by atoms with Crippen LogP contribution in [0.1, 0.15) is 11.1 Å². The minimum atomic E-state index is -3.72. The smallest absolute Gasteiger partial charge is 0.207 e. The van der Waals surface area contributed by atoms with Gasteiger partial charge in [0, 0.05) is 13.6 Å². The molecule has 0 aliphatic rings. The third kappa shape index (κ3) is 3.42. The van der Waals surface area contributed by atoms with Gasteiger partial charge in [0.1, 0.15) is 0 Å². The van der Waals surface area contributed by atoms with Gasteiger partial charge in [-0.25, -0.2) is 8.42 Å². The minimum Gasteiger partial charge on any atom is -0.207 e. The SMILES string of the molecule is CN(Cc1cccc(Cl)c1Cl)S(=O)(=O)c1cccc(C#N)c1. The van der Waals surface area contributed by atoms with Crippen molar-refractivity contribution in [3.63, 3.8) is 0 Å². The van der Waals surface area contributed by atoms with Crippen molar-refractivity contribution >= 4 is 33.2 Å². The van der Waals surface area contributed by atoms with Gasteiger partial charge >= 0.3 is 0 Å². The van der Waals surface area contributed by atoms with Crippen LogP contribution in [0.4, 0.5) is 0 Å². The fourth-order valence-electron chi connectivity index (χ4n) is 1.90. The standard InChI is InChI=1S/C15H12Cl2N2O2S/c1-19(10-12-5-3-7-14(16)15(12)17)22(20,21)13-6-2-4-11(8-13)9-18/h2-8H,10H2,1H3. The Labute approximate surface area is 139 Å². The van der Waals surface area contributed by atoms with Crippen LogP contribution in [0.5, 0.6) is 0 Å². The van der Waals surface area contributed by atoms with Gasteiger partial charge in [0.05, 0.1) is 26.6 Å². The molecular weight excluding hydrogens is 343 g/mol. The lowest BCUT2D eigenvalue weighted by molar-refractivity contribution is 0.467. The first-order chi connectivity index (χ1) is 10.4. The minimum absolute atomic E-state index is 0.0622. The highest BCUT2D eigenvalue weighted by atomic mass is 35.5. The molecular formula is C15H12Cl2N2O2S. The molecule has 4 nitrogen and oxygen atoms in total. The second kappa shape index (κ2) is 6.67. The van der Waals surface area contributed by atoms with Crippen molar-refractivity contribution in [2.45, 2.75) is 11.4 Å². The lowest BCUT2D eigenvalue weighted by Crippen LogP contribution is -2.26. The summed E-state index contributed by atoms with van der Waals surface area (Å²) in [6, 6.07) is 12.9. The summed E-state index contributed by atoms with van der Waals surface area (Å²) in [6.45, 7) is 0.0819. The van der Waals surface area contributed by atoms with E-state index < -0.39 is 10.0 Å². The number of hydrogen-bond acceptors (Lipinski definition) is 3. The van der Waals surface area contributed by atoms with Crippen LogP contribution in [-0.2, 0) is 16.6 Å². The average Bonchev–Trinajstić information content (AvgIpc) is 2.51. The third-order valence-electron chi connectivity index (χ3n) is 3.10. The normalized spacial score (nSPS) is 11.4. The molecule has 0 saturated carbocycles. The van der Waals surface area contributed by atoms with Crippen molar-refractivity contribution in [1.29, 1.82) is 5.26 Å². The largest absolute Gasteiger partial charge is 0.243 e. The Hall–Kier alpha value is -1.58. The highest BCUT2D eigenvalue weighted by molar-refractivity contribution is 7.89. The van der Waals surface area contributed by atoms with E-state index in [0.717, 1.165) is 0 Å². The zero-order chi connectivity index (χ0) is 16.3. The molecule has 0 N–H and O–H groups in total. The molecule has 0 fully saturated rings. The monoisotopic (exact) mass is 354 g/mol. The van der Waals surface area contributed by atoms with Crippen molar-refractivity contribution in [3.05, 3.63) is 63.6 Å². The number of sulfonamides is 1. The van der Waals surface area contributed by atoms with Crippen LogP contribution in [0.25, 0.3) is 0 Å².